The minimum atomic E-state index is -0.452. The molecular formula is C19H21N3O4. The number of nitrogens with zero attached hydrogens (tertiary/aromatic N) is 2. The van der Waals surface area contributed by atoms with Crippen LogP contribution in [0.15, 0.2) is 24.4 Å². The van der Waals surface area contributed by atoms with E-state index in [-0.39, 0.29) is 17.9 Å². The Kier molecular flexibility index (Phi) is 5.24. The van der Waals surface area contributed by atoms with Gasteiger partial charge in [0.05, 0.1) is 18.7 Å². The van der Waals surface area contributed by atoms with Crippen LogP contribution in [-0.4, -0.2) is 43.9 Å². The topological polar surface area (TPSA) is 93.5 Å². The maximum atomic E-state index is 12.0. The number of carbonyl (C=O) groups is 1. The number of ether oxygens (including phenoxy) is 3. The van der Waals surface area contributed by atoms with E-state index in [2.05, 4.69) is 16.4 Å². The molecule has 1 saturated heterocycles. The third-order valence-electron chi connectivity index (χ3n) is 4.79. The van der Waals surface area contributed by atoms with Crippen LogP contribution < -0.4 is 14.8 Å². The van der Waals surface area contributed by atoms with Crippen LogP contribution in [0.2, 0.25) is 0 Å². The Labute approximate surface area is 151 Å². The summed E-state index contributed by atoms with van der Waals surface area (Å²) < 4.78 is 16.5. The Morgan fingerprint density at radius 2 is 2.15 bits per heavy atom. The molecule has 0 bridgehead atoms. The molecule has 0 aliphatic carbocycles. The number of aromatic nitrogens is 1. The molecule has 1 unspecified atom stereocenters. The summed E-state index contributed by atoms with van der Waals surface area (Å²) in [6.45, 7) is 2.31. The standard InChI is InChI=1S/C19H21N3O4/c1-4-13-15(22-18(23)17(13)25-3)10-26-19-14-8-16(24-2)12(9-20)7-11(14)5-6-21-19/h5-8,13,15,17H,4,10H2,1-3H3,(H,22,23)/t13-,15?,17+/m0/s1. The van der Waals surface area contributed by atoms with E-state index in [0.29, 0.717) is 23.8 Å². The van der Waals surface area contributed by atoms with Gasteiger partial charge in [-0.25, -0.2) is 4.98 Å². The van der Waals surface area contributed by atoms with E-state index in [9.17, 15) is 10.1 Å². The predicted molar refractivity (Wildman–Crippen MR) is 95.0 cm³/mol. The number of methoxy groups -OCH3 is 2. The minimum absolute atomic E-state index is 0.0437. The third kappa shape index (κ3) is 3.16. The zero-order valence-electron chi connectivity index (χ0n) is 15.0. The Morgan fingerprint density at radius 3 is 2.81 bits per heavy atom. The summed E-state index contributed by atoms with van der Waals surface area (Å²) in [5, 5.41) is 13.7. The Balaban J connectivity index is 1.85. The van der Waals surface area contributed by atoms with E-state index in [0.717, 1.165) is 17.2 Å². The lowest BCUT2D eigenvalue weighted by Gasteiger charge is -2.20. The summed E-state index contributed by atoms with van der Waals surface area (Å²) in [5.74, 6) is 0.842. The number of hydrogen-bond acceptors (Lipinski definition) is 6. The number of nitriles is 1. The fourth-order valence-electron chi connectivity index (χ4n) is 3.44. The van der Waals surface area contributed by atoms with E-state index < -0.39 is 6.10 Å². The highest BCUT2D eigenvalue weighted by atomic mass is 16.5. The molecule has 1 aromatic carbocycles. The molecule has 2 aromatic rings. The molecular weight excluding hydrogens is 334 g/mol. The molecule has 1 aliphatic heterocycles. The highest BCUT2D eigenvalue weighted by molar-refractivity contribution is 5.89. The lowest BCUT2D eigenvalue weighted by Crippen LogP contribution is -2.35. The summed E-state index contributed by atoms with van der Waals surface area (Å²) >= 11 is 0. The van der Waals surface area contributed by atoms with Gasteiger partial charge in [0.25, 0.3) is 0 Å². The molecule has 3 atom stereocenters. The number of pyridine rings is 1. The van der Waals surface area contributed by atoms with Crippen LogP contribution in [0, 0.1) is 17.2 Å². The van der Waals surface area contributed by atoms with Gasteiger partial charge in [0.1, 0.15) is 24.5 Å². The Hall–Kier alpha value is -2.85. The number of rotatable bonds is 6. The van der Waals surface area contributed by atoms with Crippen LogP contribution in [0.1, 0.15) is 18.9 Å². The molecule has 2 heterocycles. The second-order valence-electron chi connectivity index (χ2n) is 6.16. The van der Waals surface area contributed by atoms with Crippen molar-refractivity contribution in [2.24, 2.45) is 5.92 Å². The molecule has 0 radical (unpaired) electrons. The van der Waals surface area contributed by atoms with Gasteiger partial charge in [0.2, 0.25) is 11.8 Å². The second kappa shape index (κ2) is 7.58. The van der Waals surface area contributed by atoms with Gasteiger partial charge in [-0.2, -0.15) is 5.26 Å². The largest absolute Gasteiger partial charge is 0.495 e. The van der Waals surface area contributed by atoms with Crippen LogP contribution in [0.25, 0.3) is 10.8 Å². The summed E-state index contributed by atoms with van der Waals surface area (Å²) in [7, 11) is 3.06. The first kappa shape index (κ1) is 18.0. The van der Waals surface area contributed by atoms with Gasteiger partial charge in [-0.1, -0.05) is 6.92 Å². The van der Waals surface area contributed by atoms with Gasteiger partial charge < -0.3 is 19.5 Å². The van der Waals surface area contributed by atoms with Crippen molar-refractivity contribution in [1.82, 2.24) is 10.3 Å². The van der Waals surface area contributed by atoms with Crippen molar-refractivity contribution < 1.29 is 19.0 Å². The number of amides is 1. The molecule has 136 valence electrons. The molecule has 7 heteroatoms. The zero-order valence-corrected chi connectivity index (χ0v) is 15.0. The van der Waals surface area contributed by atoms with Crippen molar-refractivity contribution in [3.8, 4) is 17.7 Å². The van der Waals surface area contributed by atoms with E-state index in [4.69, 9.17) is 14.2 Å². The molecule has 1 fully saturated rings. The van der Waals surface area contributed by atoms with Crippen molar-refractivity contribution in [3.05, 3.63) is 30.0 Å². The first-order valence-corrected chi connectivity index (χ1v) is 8.45. The van der Waals surface area contributed by atoms with E-state index in [1.54, 1.807) is 25.4 Å². The number of hydrogen-bond donors (Lipinski definition) is 1. The first-order chi connectivity index (χ1) is 12.6. The molecule has 7 nitrogen and oxygen atoms in total. The summed E-state index contributed by atoms with van der Waals surface area (Å²) in [5.41, 5.74) is 0.453. The third-order valence-corrected chi connectivity index (χ3v) is 4.79. The number of fused-ring (bicyclic) bond motifs is 1. The minimum Gasteiger partial charge on any atom is -0.495 e. The van der Waals surface area contributed by atoms with Crippen LogP contribution in [-0.2, 0) is 9.53 Å². The lowest BCUT2D eigenvalue weighted by molar-refractivity contribution is -0.128. The fraction of sp³-hybridized carbons (Fsp3) is 0.421. The molecule has 1 N–H and O–H groups in total. The maximum Gasteiger partial charge on any atom is 0.249 e. The normalized spacial score (nSPS) is 22.1. The van der Waals surface area contributed by atoms with Gasteiger partial charge in [0, 0.05) is 24.6 Å². The van der Waals surface area contributed by atoms with Crippen LogP contribution in [0.3, 0.4) is 0 Å². The van der Waals surface area contributed by atoms with Gasteiger partial charge in [0.15, 0.2) is 0 Å². The van der Waals surface area contributed by atoms with Gasteiger partial charge in [-0.3, -0.25) is 4.79 Å². The van der Waals surface area contributed by atoms with Crippen molar-refractivity contribution in [1.29, 1.82) is 5.26 Å². The van der Waals surface area contributed by atoms with Gasteiger partial charge >= 0.3 is 0 Å². The molecule has 1 aromatic heterocycles. The fourth-order valence-corrected chi connectivity index (χ4v) is 3.44. The smallest absolute Gasteiger partial charge is 0.249 e. The molecule has 3 rings (SSSR count). The van der Waals surface area contributed by atoms with Crippen molar-refractivity contribution in [2.75, 3.05) is 20.8 Å². The van der Waals surface area contributed by atoms with Crippen molar-refractivity contribution in [2.45, 2.75) is 25.5 Å². The predicted octanol–water partition coefficient (Wildman–Crippen LogP) is 2.03. The van der Waals surface area contributed by atoms with Gasteiger partial charge in [-0.05, 0) is 30.0 Å². The number of nitrogens with one attached hydrogen (secondary N) is 1. The monoisotopic (exact) mass is 355 g/mol. The quantitative estimate of drug-likeness (QED) is 0.852. The highest BCUT2D eigenvalue weighted by Crippen LogP contribution is 2.31. The first-order valence-electron chi connectivity index (χ1n) is 8.45. The average Bonchev–Trinajstić information content (AvgIpc) is 2.99. The molecule has 0 spiro atoms. The van der Waals surface area contributed by atoms with E-state index in [1.165, 1.54) is 7.11 Å². The average molecular weight is 355 g/mol. The summed E-state index contributed by atoms with van der Waals surface area (Å²) in [4.78, 5) is 16.3. The molecule has 26 heavy (non-hydrogen) atoms. The van der Waals surface area contributed by atoms with Gasteiger partial charge in [-0.15, -0.1) is 0 Å². The number of benzene rings is 1. The molecule has 1 aliphatic rings. The summed E-state index contributed by atoms with van der Waals surface area (Å²) in [6.07, 6.45) is 1.98. The van der Waals surface area contributed by atoms with Crippen LogP contribution in [0.4, 0.5) is 0 Å². The molecule has 1 amide bonds. The second-order valence-corrected chi connectivity index (χ2v) is 6.16. The number of carbonyl (C=O) groups excluding carboxylic acids is 1. The van der Waals surface area contributed by atoms with Crippen LogP contribution >= 0.6 is 0 Å². The van der Waals surface area contributed by atoms with Crippen molar-refractivity contribution in [3.63, 3.8) is 0 Å². The maximum absolute atomic E-state index is 12.0. The zero-order chi connectivity index (χ0) is 18.7. The SMILES string of the molecule is CC[C@H]1C(COc2nccc3cc(C#N)c(OC)cc23)NC(=O)[C@@H]1OC. The van der Waals surface area contributed by atoms with Crippen molar-refractivity contribution >= 4 is 16.7 Å². The highest BCUT2D eigenvalue weighted by Gasteiger charge is 2.41. The van der Waals surface area contributed by atoms with E-state index >= 15 is 0 Å². The Morgan fingerprint density at radius 1 is 1.35 bits per heavy atom. The van der Waals surface area contributed by atoms with Crippen LogP contribution in [0.5, 0.6) is 11.6 Å². The summed E-state index contributed by atoms with van der Waals surface area (Å²) in [6, 6.07) is 7.28. The lowest BCUT2D eigenvalue weighted by atomic mass is 9.96. The Bertz CT molecular complexity index is 862. The van der Waals surface area contributed by atoms with E-state index in [1.807, 2.05) is 13.0 Å². The molecule has 0 saturated carbocycles.